The maximum absolute atomic E-state index is 11.0. The van der Waals surface area contributed by atoms with Crippen LogP contribution in [-0.4, -0.2) is 41.2 Å². The van der Waals surface area contributed by atoms with Crippen LogP contribution in [0.3, 0.4) is 0 Å². The normalized spacial score (nSPS) is 21.4. The molecule has 110 valence electrons. The molecule has 0 aliphatic carbocycles. The van der Waals surface area contributed by atoms with Gasteiger partial charge in [-0.15, -0.1) is 0 Å². The SMILES string of the molecule is CC(C(=O)O)N1CCCC(Oc2ccc(Cl)c(Cl)c2)C1. The Labute approximate surface area is 128 Å². The van der Waals surface area contributed by atoms with Gasteiger partial charge >= 0.3 is 5.97 Å². The molecule has 1 N–H and O–H groups in total. The van der Waals surface area contributed by atoms with Crippen molar-refractivity contribution in [3.8, 4) is 5.75 Å². The van der Waals surface area contributed by atoms with E-state index in [1.807, 2.05) is 4.90 Å². The molecule has 1 aromatic rings. The Morgan fingerprint density at radius 3 is 2.85 bits per heavy atom. The van der Waals surface area contributed by atoms with Crippen LogP contribution in [0.15, 0.2) is 18.2 Å². The summed E-state index contributed by atoms with van der Waals surface area (Å²) in [5, 5.41) is 10.0. The van der Waals surface area contributed by atoms with Crippen LogP contribution >= 0.6 is 23.2 Å². The molecule has 2 unspecified atom stereocenters. The molecular formula is C14H17Cl2NO3. The van der Waals surface area contributed by atoms with Crippen molar-refractivity contribution in [1.82, 2.24) is 4.90 Å². The average molecular weight is 318 g/mol. The van der Waals surface area contributed by atoms with E-state index in [1.54, 1.807) is 25.1 Å². The molecule has 4 nitrogen and oxygen atoms in total. The molecule has 0 aromatic heterocycles. The van der Waals surface area contributed by atoms with Gasteiger partial charge < -0.3 is 9.84 Å². The standard InChI is InChI=1S/C14H17Cl2NO3/c1-9(14(18)19)17-6-2-3-11(8-17)20-10-4-5-12(15)13(16)7-10/h4-5,7,9,11H,2-3,6,8H2,1H3,(H,18,19). The van der Waals surface area contributed by atoms with E-state index in [2.05, 4.69) is 0 Å². The van der Waals surface area contributed by atoms with E-state index in [9.17, 15) is 4.79 Å². The Balaban J connectivity index is 1.99. The highest BCUT2D eigenvalue weighted by Crippen LogP contribution is 2.28. The summed E-state index contributed by atoms with van der Waals surface area (Å²) in [6, 6.07) is 4.66. The monoisotopic (exact) mass is 317 g/mol. The highest BCUT2D eigenvalue weighted by molar-refractivity contribution is 6.42. The number of hydrogen-bond donors (Lipinski definition) is 1. The number of carbonyl (C=O) groups is 1. The molecule has 0 amide bonds. The van der Waals surface area contributed by atoms with Crippen LogP contribution in [0.2, 0.25) is 10.0 Å². The fraction of sp³-hybridized carbons (Fsp3) is 0.500. The van der Waals surface area contributed by atoms with Crippen LogP contribution in [-0.2, 0) is 4.79 Å². The minimum absolute atomic E-state index is 0.0252. The summed E-state index contributed by atoms with van der Waals surface area (Å²) in [4.78, 5) is 13.0. The second-order valence-electron chi connectivity index (χ2n) is 4.97. The third kappa shape index (κ3) is 3.78. The Morgan fingerprint density at radius 1 is 1.45 bits per heavy atom. The van der Waals surface area contributed by atoms with Gasteiger partial charge in [-0.1, -0.05) is 23.2 Å². The largest absolute Gasteiger partial charge is 0.489 e. The number of aliphatic carboxylic acids is 1. The lowest BCUT2D eigenvalue weighted by Gasteiger charge is -2.35. The van der Waals surface area contributed by atoms with Gasteiger partial charge in [0.15, 0.2) is 0 Å². The molecule has 0 saturated carbocycles. The lowest BCUT2D eigenvalue weighted by atomic mass is 10.1. The van der Waals surface area contributed by atoms with E-state index in [4.69, 9.17) is 33.0 Å². The van der Waals surface area contributed by atoms with Gasteiger partial charge in [-0.2, -0.15) is 0 Å². The van der Waals surface area contributed by atoms with Gasteiger partial charge in [0, 0.05) is 12.6 Å². The number of carboxylic acid groups (broad SMARTS) is 1. The minimum Gasteiger partial charge on any atom is -0.489 e. The molecule has 6 heteroatoms. The van der Waals surface area contributed by atoms with Crippen molar-refractivity contribution in [2.45, 2.75) is 31.9 Å². The van der Waals surface area contributed by atoms with Crippen molar-refractivity contribution in [2.24, 2.45) is 0 Å². The Bertz CT molecular complexity index is 495. The van der Waals surface area contributed by atoms with Gasteiger partial charge in [0.05, 0.1) is 10.0 Å². The molecule has 1 fully saturated rings. The highest BCUT2D eigenvalue weighted by atomic mass is 35.5. The second-order valence-corrected chi connectivity index (χ2v) is 5.78. The molecular weight excluding hydrogens is 301 g/mol. The summed E-state index contributed by atoms with van der Waals surface area (Å²) in [5.41, 5.74) is 0. The van der Waals surface area contributed by atoms with Crippen LogP contribution in [0.25, 0.3) is 0 Å². The zero-order valence-corrected chi connectivity index (χ0v) is 12.7. The number of halogens is 2. The predicted octanol–water partition coefficient (Wildman–Crippen LogP) is 3.31. The van der Waals surface area contributed by atoms with E-state index in [0.717, 1.165) is 19.4 Å². The summed E-state index contributed by atoms with van der Waals surface area (Å²) >= 11 is 11.8. The van der Waals surface area contributed by atoms with Gasteiger partial charge in [-0.05, 0) is 38.4 Å². The van der Waals surface area contributed by atoms with Crippen molar-refractivity contribution < 1.29 is 14.6 Å². The molecule has 0 spiro atoms. The lowest BCUT2D eigenvalue weighted by molar-refractivity contribution is -0.143. The third-order valence-electron chi connectivity index (χ3n) is 3.51. The molecule has 20 heavy (non-hydrogen) atoms. The fourth-order valence-electron chi connectivity index (χ4n) is 2.31. The van der Waals surface area contributed by atoms with E-state index in [-0.39, 0.29) is 6.10 Å². The fourth-order valence-corrected chi connectivity index (χ4v) is 2.60. The molecule has 1 aromatic carbocycles. The number of rotatable bonds is 4. The first kappa shape index (κ1) is 15.4. The van der Waals surface area contributed by atoms with Crippen LogP contribution in [0, 0.1) is 0 Å². The zero-order valence-electron chi connectivity index (χ0n) is 11.2. The first-order chi connectivity index (χ1) is 9.47. The zero-order chi connectivity index (χ0) is 14.7. The molecule has 1 aliphatic heterocycles. The van der Waals surface area contributed by atoms with Crippen molar-refractivity contribution >= 4 is 29.2 Å². The quantitative estimate of drug-likeness (QED) is 0.925. The van der Waals surface area contributed by atoms with Crippen molar-refractivity contribution in [1.29, 1.82) is 0 Å². The number of ether oxygens (including phenoxy) is 1. The van der Waals surface area contributed by atoms with Crippen molar-refractivity contribution in [3.63, 3.8) is 0 Å². The third-order valence-corrected chi connectivity index (χ3v) is 4.25. The van der Waals surface area contributed by atoms with Crippen molar-refractivity contribution in [3.05, 3.63) is 28.2 Å². The predicted molar refractivity (Wildman–Crippen MR) is 78.8 cm³/mol. The van der Waals surface area contributed by atoms with E-state index in [0.29, 0.717) is 22.3 Å². The molecule has 2 rings (SSSR count). The minimum atomic E-state index is -0.805. The summed E-state index contributed by atoms with van der Waals surface area (Å²) in [5.74, 6) is -0.144. The Morgan fingerprint density at radius 2 is 2.20 bits per heavy atom. The lowest BCUT2D eigenvalue weighted by Crippen LogP contribution is -2.48. The van der Waals surface area contributed by atoms with Gasteiger partial charge in [0.2, 0.25) is 0 Å². The average Bonchev–Trinajstić information content (AvgIpc) is 2.42. The first-order valence-corrected chi connectivity index (χ1v) is 7.31. The first-order valence-electron chi connectivity index (χ1n) is 6.56. The van der Waals surface area contributed by atoms with Gasteiger partial charge in [0.1, 0.15) is 17.9 Å². The number of likely N-dealkylation sites (tertiary alicyclic amines) is 1. The van der Waals surface area contributed by atoms with Crippen LogP contribution in [0.1, 0.15) is 19.8 Å². The van der Waals surface area contributed by atoms with E-state index >= 15 is 0 Å². The van der Waals surface area contributed by atoms with Gasteiger partial charge in [-0.25, -0.2) is 0 Å². The highest BCUT2D eigenvalue weighted by Gasteiger charge is 2.28. The molecule has 2 atom stereocenters. The summed E-state index contributed by atoms with van der Waals surface area (Å²) < 4.78 is 5.87. The van der Waals surface area contributed by atoms with Crippen LogP contribution < -0.4 is 4.74 Å². The maximum Gasteiger partial charge on any atom is 0.320 e. The number of benzene rings is 1. The summed E-state index contributed by atoms with van der Waals surface area (Å²) in [6.07, 6.45) is 1.80. The molecule has 1 heterocycles. The molecule has 0 radical (unpaired) electrons. The maximum atomic E-state index is 11.0. The van der Waals surface area contributed by atoms with Crippen LogP contribution in [0.5, 0.6) is 5.75 Å². The number of nitrogens with zero attached hydrogens (tertiary/aromatic N) is 1. The molecule has 1 aliphatic rings. The number of hydrogen-bond acceptors (Lipinski definition) is 3. The number of piperidine rings is 1. The Kier molecular flexibility index (Phi) is 5.13. The van der Waals surface area contributed by atoms with E-state index in [1.165, 1.54) is 0 Å². The van der Waals surface area contributed by atoms with Gasteiger partial charge in [-0.3, -0.25) is 9.69 Å². The van der Waals surface area contributed by atoms with E-state index < -0.39 is 12.0 Å². The molecule has 0 bridgehead atoms. The van der Waals surface area contributed by atoms with Crippen LogP contribution in [0.4, 0.5) is 0 Å². The van der Waals surface area contributed by atoms with Crippen molar-refractivity contribution in [2.75, 3.05) is 13.1 Å². The molecule has 1 saturated heterocycles. The summed E-state index contributed by atoms with van der Waals surface area (Å²) in [7, 11) is 0. The Hall–Kier alpha value is -0.970. The van der Waals surface area contributed by atoms with Gasteiger partial charge in [0.25, 0.3) is 0 Å². The second kappa shape index (κ2) is 6.66. The smallest absolute Gasteiger partial charge is 0.320 e. The number of carboxylic acids is 1. The topological polar surface area (TPSA) is 49.8 Å². The summed E-state index contributed by atoms with van der Waals surface area (Å²) in [6.45, 7) is 3.09.